The Kier molecular flexibility index (Phi) is 6.50. The zero-order valence-corrected chi connectivity index (χ0v) is 25.3. The molecule has 3 nitrogen and oxygen atoms in total. The highest BCUT2D eigenvalue weighted by Gasteiger charge is 2.46. The Morgan fingerprint density at radius 3 is 1.59 bits per heavy atom. The minimum absolute atomic E-state index is 0.493. The predicted octanol–water partition coefficient (Wildman–Crippen LogP) is 10.00. The van der Waals surface area contributed by atoms with E-state index in [1.54, 1.807) is 0 Å². The standard InChI is InChI=1S/C40H26BrN3/c41-31-21-12-16-28(26-31)38-42-37(27-14-4-1-5-15-27)43-39(44-38)33-23-13-25-35-36(33)32-22-10-11-24-34(32)40(35,29-17-6-2-7-18-29)30-19-8-3-9-20-30/h1-26H. The van der Waals surface area contributed by atoms with Gasteiger partial charge in [0, 0.05) is 21.2 Å². The highest BCUT2D eigenvalue weighted by Crippen LogP contribution is 2.58. The molecule has 4 heteroatoms. The third-order valence-corrected chi connectivity index (χ3v) is 8.97. The van der Waals surface area contributed by atoms with Crippen LogP contribution in [0.1, 0.15) is 22.3 Å². The lowest BCUT2D eigenvalue weighted by Gasteiger charge is -2.33. The zero-order valence-electron chi connectivity index (χ0n) is 23.7. The van der Waals surface area contributed by atoms with Crippen molar-refractivity contribution < 1.29 is 0 Å². The minimum Gasteiger partial charge on any atom is -0.208 e. The molecule has 6 aromatic carbocycles. The van der Waals surface area contributed by atoms with E-state index in [0.717, 1.165) is 26.7 Å². The van der Waals surface area contributed by atoms with Crippen molar-refractivity contribution >= 4 is 15.9 Å². The number of aromatic nitrogens is 3. The lowest BCUT2D eigenvalue weighted by Crippen LogP contribution is -2.28. The Morgan fingerprint density at radius 2 is 0.909 bits per heavy atom. The first-order valence-corrected chi connectivity index (χ1v) is 15.4. The molecule has 0 N–H and O–H groups in total. The minimum atomic E-state index is -0.493. The molecule has 1 heterocycles. The zero-order chi connectivity index (χ0) is 29.5. The van der Waals surface area contributed by atoms with Crippen molar-refractivity contribution in [2.75, 3.05) is 0 Å². The molecule has 0 saturated heterocycles. The Balaban J connectivity index is 1.45. The number of fused-ring (bicyclic) bond motifs is 3. The van der Waals surface area contributed by atoms with Crippen LogP contribution in [0.5, 0.6) is 0 Å². The van der Waals surface area contributed by atoms with Gasteiger partial charge in [-0.25, -0.2) is 15.0 Å². The summed E-state index contributed by atoms with van der Waals surface area (Å²) in [6, 6.07) is 55.3. The lowest BCUT2D eigenvalue weighted by atomic mass is 9.67. The fourth-order valence-corrected chi connectivity index (χ4v) is 7.05. The maximum atomic E-state index is 5.14. The van der Waals surface area contributed by atoms with Crippen LogP contribution in [0.4, 0.5) is 0 Å². The average molecular weight is 629 g/mol. The molecule has 0 bridgehead atoms. The van der Waals surface area contributed by atoms with E-state index in [1.165, 1.54) is 27.8 Å². The molecule has 44 heavy (non-hydrogen) atoms. The van der Waals surface area contributed by atoms with Crippen molar-refractivity contribution in [3.05, 3.63) is 184 Å². The summed E-state index contributed by atoms with van der Waals surface area (Å²) in [5, 5.41) is 0. The van der Waals surface area contributed by atoms with E-state index in [2.05, 4.69) is 125 Å². The second kappa shape index (κ2) is 10.8. The normalized spacial score (nSPS) is 12.8. The van der Waals surface area contributed by atoms with Crippen molar-refractivity contribution in [1.82, 2.24) is 15.0 Å². The molecule has 0 spiro atoms. The van der Waals surface area contributed by atoms with Crippen LogP contribution in [-0.2, 0) is 5.41 Å². The molecule has 0 amide bonds. The van der Waals surface area contributed by atoms with Gasteiger partial charge >= 0.3 is 0 Å². The van der Waals surface area contributed by atoms with Crippen molar-refractivity contribution in [3.8, 4) is 45.3 Å². The summed E-state index contributed by atoms with van der Waals surface area (Å²) in [4.78, 5) is 15.2. The maximum Gasteiger partial charge on any atom is 0.164 e. The highest BCUT2D eigenvalue weighted by atomic mass is 79.9. The Labute approximate surface area is 265 Å². The SMILES string of the molecule is Brc1cccc(-c2nc(-c3ccccc3)nc(-c3cccc4c3-c3ccccc3C4(c3ccccc3)c3ccccc3)n2)c1. The van der Waals surface area contributed by atoms with Crippen molar-refractivity contribution in [3.63, 3.8) is 0 Å². The van der Waals surface area contributed by atoms with Gasteiger partial charge in [-0.1, -0.05) is 162 Å². The molecule has 8 rings (SSSR count). The van der Waals surface area contributed by atoms with Gasteiger partial charge in [0.05, 0.1) is 5.41 Å². The fourth-order valence-electron chi connectivity index (χ4n) is 6.65. The third-order valence-electron chi connectivity index (χ3n) is 8.47. The number of nitrogens with zero attached hydrogens (tertiary/aromatic N) is 3. The van der Waals surface area contributed by atoms with E-state index >= 15 is 0 Å². The van der Waals surface area contributed by atoms with Gasteiger partial charge in [0.25, 0.3) is 0 Å². The summed E-state index contributed by atoms with van der Waals surface area (Å²) in [7, 11) is 0. The number of hydrogen-bond acceptors (Lipinski definition) is 3. The highest BCUT2D eigenvalue weighted by molar-refractivity contribution is 9.10. The molecule has 208 valence electrons. The van der Waals surface area contributed by atoms with Crippen LogP contribution in [-0.4, -0.2) is 15.0 Å². The van der Waals surface area contributed by atoms with Gasteiger partial charge in [-0.15, -0.1) is 0 Å². The van der Waals surface area contributed by atoms with Crippen LogP contribution in [0.25, 0.3) is 45.3 Å². The summed E-state index contributed by atoms with van der Waals surface area (Å²) in [5.41, 5.74) is 9.64. The number of halogens is 1. The maximum absolute atomic E-state index is 5.14. The molecule has 0 atom stereocenters. The van der Waals surface area contributed by atoms with Crippen LogP contribution in [0, 0.1) is 0 Å². The predicted molar refractivity (Wildman–Crippen MR) is 181 cm³/mol. The van der Waals surface area contributed by atoms with Gasteiger partial charge in [-0.2, -0.15) is 0 Å². The van der Waals surface area contributed by atoms with Crippen LogP contribution in [0.15, 0.2) is 162 Å². The van der Waals surface area contributed by atoms with Crippen LogP contribution >= 0.6 is 15.9 Å². The second-order valence-electron chi connectivity index (χ2n) is 10.9. The number of hydrogen-bond donors (Lipinski definition) is 0. The lowest BCUT2D eigenvalue weighted by molar-refractivity contribution is 0.768. The Morgan fingerprint density at radius 1 is 0.409 bits per heavy atom. The first kappa shape index (κ1) is 26.4. The summed E-state index contributed by atoms with van der Waals surface area (Å²) < 4.78 is 0.975. The quantitative estimate of drug-likeness (QED) is 0.190. The first-order chi connectivity index (χ1) is 21.7. The van der Waals surface area contributed by atoms with Gasteiger partial charge in [0.15, 0.2) is 17.5 Å². The molecule has 1 aliphatic carbocycles. The van der Waals surface area contributed by atoms with Gasteiger partial charge in [0.2, 0.25) is 0 Å². The van der Waals surface area contributed by atoms with Gasteiger partial charge in [-0.3, -0.25) is 0 Å². The molecule has 7 aromatic rings. The summed E-state index contributed by atoms with van der Waals surface area (Å²) in [5.74, 6) is 1.93. The van der Waals surface area contributed by atoms with E-state index in [0.29, 0.717) is 17.5 Å². The molecule has 0 unspecified atom stereocenters. The van der Waals surface area contributed by atoms with Crippen molar-refractivity contribution in [2.24, 2.45) is 0 Å². The largest absolute Gasteiger partial charge is 0.208 e. The van der Waals surface area contributed by atoms with E-state index in [-0.39, 0.29) is 0 Å². The molecular formula is C40H26BrN3. The van der Waals surface area contributed by atoms with Crippen molar-refractivity contribution in [1.29, 1.82) is 0 Å². The summed E-state index contributed by atoms with van der Waals surface area (Å²) in [6.45, 7) is 0. The van der Waals surface area contributed by atoms with E-state index in [9.17, 15) is 0 Å². The van der Waals surface area contributed by atoms with Crippen LogP contribution in [0.2, 0.25) is 0 Å². The second-order valence-corrected chi connectivity index (χ2v) is 11.9. The van der Waals surface area contributed by atoms with E-state index < -0.39 is 5.41 Å². The van der Waals surface area contributed by atoms with Gasteiger partial charge < -0.3 is 0 Å². The van der Waals surface area contributed by atoms with Crippen LogP contribution < -0.4 is 0 Å². The average Bonchev–Trinajstić information content (AvgIpc) is 3.40. The van der Waals surface area contributed by atoms with Gasteiger partial charge in [0.1, 0.15) is 0 Å². The fraction of sp³-hybridized carbons (Fsp3) is 0.0250. The Bertz CT molecular complexity index is 2090. The van der Waals surface area contributed by atoms with Crippen LogP contribution in [0.3, 0.4) is 0 Å². The van der Waals surface area contributed by atoms with Gasteiger partial charge in [-0.05, 0) is 45.5 Å². The topological polar surface area (TPSA) is 38.7 Å². The summed E-state index contributed by atoms with van der Waals surface area (Å²) in [6.07, 6.45) is 0. The molecule has 0 saturated carbocycles. The van der Waals surface area contributed by atoms with E-state index in [4.69, 9.17) is 15.0 Å². The molecule has 0 radical (unpaired) electrons. The molecule has 1 aliphatic rings. The van der Waals surface area contributed by atoms with Crippen molar-refractivity contribution in [2.45, 2.75) is 5.41 Å². The van der Waals surface area contributed by atoms with E-state index in [1.807, 2.05) is 48.5 Å². The molecule has 1 aromatic heterocycles. The third kappa shape index (κ3) is 4.22. The first-order valence-electron chi connectivity index (χ1n) is 14.7. The molecular weight excluding hydrogens is 602 g/mol. The monoisotopic (exact) mass is 627 g/mol. The Hall–Kier alpha value is -5.19. The number of rotatable bonds is 5. The summed E-state index contributed by atoms with van der Waals surface area (Å²) >= 11 is 3.63. The molecule has 0 fully saturated rings. The molecule has 0 aliphatic heterocycles. The smallest absolute Gasteiger partial charge is 0.164 e. The number of benzene rings is 6.